The average molecular weight is 522 g/mol. The number of hydrogen-bond donors (Lipinski definition) is 3. The molecule has 184 valence electrons. The van der Waals surface area contributed by atoms with Crippen LogP contribution in [-0.2, 0) is 16.6 Å². The van der Waals surface area contributed by atoms with Gasteiger partial charge in [0.15, 0.2) is 0 Å². The second-order valence-corrected chi connectivity index (χ2v) is 11.2. The summed E-state index contributed by atoms with van der Waals surface area (Å²) >= 11 is 6.55. The van der Waals surface area contributed by atoms with Crippen molar-refractivity contribution in [3.05, 3.63) is 46.3 Å². The summed E-state index contributed by atoms with van der Waals surface area (Å²) in [5.41, 5.74) is -1.46. The fourth-order valence-electron chi connectivity index (χ4n) is 5.40. The summed E-state index contributed by atoms with van der Waals surface area (Å²) in [6.45, 7) is -0.245. The van der Waals surface area contributed by atoms with Gasteiger partial charge in [0, 0.05) is 30.4 Å². The van der Waals surface area contributed by atoms with Gasteiger partial charge in [-0.2, -0.15) is 14.0 Å². The topological polar surface area (TPSA) is 149 Å². The molecule has 5 heterocycles. The zero-order valence-electron chi connectivity index (χ0n) is 18.3. The number of halogens is 2. The first-order valence-electron chi connectivity index (χ1n) is 10.9. The van der Waals surface area contributed by atoms with Gasteiger partial charge in [-0.3, -0.25) is 4.79 Å². The summed E-state index contributed by atoms with van der Waals surface area (Å²) in [5.74, 6) is -1.73. The van der Waals surface area contributed by atoms with Crippen LogP contribution < -0.4 is 5.32 Å². The Labute approximate surface area is 205 Å². The number of piperidine rings is 1. The monoisotopic (exact) mass is 521 g/mol. The fraction of sp³-hybridized carbons (Fsp3) is 0.409. The van der Waals surface area contributed by atoms with Crippen LogP contribution in [0.2, 0.25) is 5.02 Å². The number of hydrogen-bond acceptors (Lipinski definition) is 7. The molecule has 2 fully saturated rings. The minimum absolute atomic E-state index is 0.0293. The molecule has 35 heavy (non-hydrogen) atoms. The SMILES string of the molecule is N#Cc1cc(NC(=O)c2c(Cl)c(S(=O)(=O)N3C4CCC3CC(O)(CO)C4)c3n2CC=C3)cc(F)n1. The number of nitrogens with one attached hydrogen (secondary N) is 1. The van der Waals surface area contributed by atoms with Gasteiger partial charge in [0.1, 0.15) is 22.4 Å². The molecule has 1 amide bonds. The number of rotatable bonds is 5. The van der Waals surface area contributed by atoms with Crippen LogP contribution in [0.4, 0.5) is 10.1 Å². The van der Waals surface area contributed by atoms with Crippen molar-refractivity contribution in [1.29, 1.82) is 5.26 Å². The number of pyridine rings is 1. The van der Waals surface area contributed by atoms with Crippen molar-refractivity contribution in [3.8, 4) is 6.07 Å². The van der Waals surface area contributed by atoms with Gasteiger partial charge in [-0.1, -0.05) is 17.7 Å². The third kappa shape index (κ3) is 3.84. The van der Waals surface area contributed by atoms with Gasteiger partial charge in [-0.05, 0) is 37.8 Å². The highest BCUT2D eigenvalue weighted by Crippen LogP contribution is 2.46. The fourth-order valence-corrected chi connectivity index (χ4v) is 8.10. The number of carbonyl (C=O) groups is 1. The molecular weight excluding hydrogens is 501 g/mol. The maximum absolute atomic E-state index is 13.9. The molecule has 0 saturated carbocycles. The third-order valence-electron chi connectivity index (χ3n) is 6.76. The highest BCUT2D eigenvalue weighted by molar-refractivity contribution is 7.89. The van der Waals surface area contributed by atoms with E-state index >= 15 is 0 Å². The van der Waals surface area contributed by atoms with Crippen molar-refractivity contribution in [2.24, 2.45) is 0 Å². The van der Waals surface area contributed by atoms with Crippen molar-refractivity contribution in [1.82, 2.24) is 13.9 Å². The Morgan fingerprint density at radius 2 is 2.03 bits per heavy atom. The van der Waals surface area contributed by atoms with E-state index in [1.165, 1.54) is 14.9 Å². The molecule has 2 unspecified atom stereocenters. The summed E-state index contributed by atoms with van der Waals surface area (Å²) < 4.78 is 44.3. The normalized spacial score (nSPS) is 25.5. The van der Waals surface area contributed by atoms with Gasteiger partial charge in [0.2, 0.25) is 16.0 Å². The Morgan fingerprint density at radius 1 is 1.34 bits per heavy atom. The number of aliphatic hydroxyl groups excluding tert-OH is 1. The van der Waals surface area contributed by atoms with Crippen LogP contribution in [0.3, 0.4) is 0 Å². The second-order valence-electron chi connectivity index (χ2n) is 9.03. The quantitative estimate of drug-likeness (QED) is 0.508. The lowest BCUT2D eigenvalue weighted by atomic mass is 9.88. The maximum atomic E-state index is 13.9. The summed E-state index contributed by atoms with van der Waals surface area (Å²) in [5, 5.41) is 31.4. The minimum Gasteiger partial charge on any atom is -0.393 e. The molecule has 10 nitrogen and oxygen atoms in total. The van der Waals surface area contributed by atoms with Gasteiger partial charge in [0.05, 0.1) is 22.9 Å². The molecule has 2 aromatic rings. The third-order valence-corrected chi connectivity index (χ3v) is 9.32. The molecule has 0 spiro atoms. The van der Waals surface area contributed by atoms with E-state index in [4.69, 9.17) is 16.9 Å². The lowest BCUT2D eigenvalue weighted by molar-refractivity contribution is -0.0663. The summed E-state index contributed by atoms with van der Waals surface area (Å²) in [6, 6.07) is 2.81. The van der Waals surface area contributed by atoms with E-state index in [0.29, 0.717) is 12.8 Å². The number of fused-ring (bicyclic) bond motifs is 3. The van der Waals surface area contributed by atoms with E-state index in [9.17, 15) is 27.8 Å². The highest BCUT2D eigenvalue weighted by atomic mass is 35.5. The Bertz CT molecular complexity index is 1400. The molecular formula is C22H21ClFN5O5S. The number of nitrogens with zero attached hydrogens (tertiary/aromatic N) is 4. The molecule has 2 saturated heterocycles. The van der Waals surface area contributed by atoms with Crippen LogP contribution >= 0.6 is 11.6 Å². The van der Waals surface area contributed by atoms with Crippen molar-refractivity contribution in [3.63, 3.8) is 0 Å². The Kier molecular flexibility index (Phi) is 5.73. The number of carbonyl (C=O) groups excluding carboxylic acids is 1. The van der Waals surface area contributed by atoms with Crippen molar-refractivity contribution in [2.45, 2.75) is 54.8 Å². The van der Waals surface area contributed by atoms with Crippen LogP contribution in [0.1, 0.15) is 47.6 Å². The minimum atomic E-state index is -4.17. The molecule has 0 aromatic carbocycles. The van der Waals surface area contributed by atoms with Crippen LogP contribution in [0, 0.1) is 17.3 Å². The van der Waals surface area contributed by atoms with Gasteiger partial charge in [-0.25, -0.2) is 13.4 Å². The molecule has 2 bridgehead atoms. The first-order valence-corrected chi connectivity index (χ1v) is 12.7. The van der Waals surface area contributed by atoms with Crippen LogP contribution in [-0.4, -0.2) is 62.7 Å². The van der Waals surface area contributed by atoms with Crippen molar-refractivity contribution >= 4 is 39.3 Å². The van der Waals surface area contributed by atoms with Gasteiger partial charge < -0.3 is 20.1 Å². The number of anilines is 1. The predicted molar refractivity (Wildman–Crippen MR) is 122 cm³/mol. The van der Waals surface area contributed by atoms with Crippen molar-refractivity contribution < 1.29 is 27.8 Å². The van der Waals surface area contributed by atoms with E-state index in [1.54, 1.807) is 18.2 Å². The maximum Gasteiger partial charge on any atom is 0.273 e. The van der Waals surface area contributed by atoms with Crippen molar-refractivity contribution in [2.75, 3.05) is 11.9 Å². The van der Waals surface area contributed by atoms with Gasteiger partial charge >= 0.3 is 0 Å². The van der Waals surface area contributed by atoms with Gasteiger partial charge in [-0.15, -0.1) is 0 Å². The average Bonchev–Trinajstić information content (AvgIpc) is 3.44. The predicted octanol–water partition coefficient (Wildman–Crippen LogP) is 1.87. The lowest BCUT2D eigenvalue weighted by Crippen LogP contribution is -2.54. The molecule has 5 rings (SSSR count). The lowest BCUT2D eigenvalue weighted by Gasteiger charge is -2.42. The standard InChI is InChI=1S/C22H21ClFN5O5S/c23-18-19(21(31)27-12-6-13(10-25)26-17(24)7-12)28-5-1-2-16(28)20(18)35(33,34)29-14-3-4-15(29)9-22(32,8-14)11-30/h1-2,6-7,14-15,30,32H,3-5,8-9,11H2,(H,26,27,31). The number of aliphatic hydroxyl groups is 2. The van der Waals surface area contributed by atoms with E-state index in [1.807, 2.05) is 0 Å². The van der Waals surface area contributed by atoms with Crippen LogP contribution in [0.25, 0.3) is 6.08 Å². The Balaban J connectivity index is 1.53. The molecule has 13 heteroatoms. The molecule has 3 N–H and O–H groups in total. The van der Waals surface area contributed by atoms with Crippen LogP contribution in [0.15, 0.2) is 23.1 Å². The molecule has 0 radical (unpaired) electrons. The zero-order chi connectivity index (χ0) is 25.1. The first-order chi connectivity index (χ1) is 16.6. The highest BCUT2D eigenvalue weighted by Gasteiger charge is 2.53. The molecule has 2 aromatic heterocycles. The summed E-state index contributed by atoms with van der Waals surface area (Å²) in [4.78, 5) is 16.3. The first kappa shape index (κ1) is 23.9. The Hall–Kier alpha value is -2.82. The van der Waals surface area contributed by atoms with Gasteiger partial charge in [0.25, 0.3) is 5.91 Å². The molecule has 3 aliphatic heterocycles. The molecule has 2 atom stereocenters. The second kappa shape index (κ2) is 8.39. The van der Waals surface area contributed by atoms with E-state index in [0.717, 1.165) is 6.07 Å². The smallest absolute Gasteiger partial charge is 0.273 e. The molecule has 3 aliphatic rings. The largest absolute Gasteiger partial charge is 0.393 e. The van der Waals surface area contributed by atoms with E-state index < -0.39 is 46.2 Å². The Morgan fingerprint density at radius 3 is 2.66 bits per heavy atom. The number of amides is 1. The van der Waals surface area contributed by atoms with E-state index in [2.05, 4.69) is 10.3 Å². The zero-order valence-corrected chi connectivity index (χ0v) is 19.9. The van der Waals surface area contributed by atoms with Crippen LogP contribution in [0.5, 0.6) is 0 Å². The number of aromatic nitrogens is 2. The number of sulfonamides is 1. The number of allylic oxidation sites excluding steroid dienone is 1. The summed E-state index contributed by atoms with van der Waals surface area (Å²) in [6.07, 6.45) is 4.55. The molecule has 0 aliphatic carbocycles. The number of nitriles is 1. The van der Waals surface area contributed by atoms with E-state index in [-0.39, 0.29) is 52.1 Å². The summed E-state index contributed by atoms with van der Waals surface area (Å²) in [7, 11) is -4.17.